The minimum Gasteiger partial charge on any atom is -0.408 e. The fourth-order valence-electron chi connectivity index (χ4n) is 14.7. The Bertz CT molecular complexity index is 1850. The normalized spacial score (nSPS) is 11.6. The van der Waals surface area contributed by atoms with E-state index < -0.39 is 8.60 Å². The first kappa shape index (κ1) is 85.7. The summed E-state index contributed by atoms with van der Waals surface area (Å²) in [4.78, 5) is 0. The van der Waals surface area contributed by atoms with Crippen molar-refractivity contribution in [1.29, 1.82) is 0 Å². The lowest BCUT2D eigenvalue weighted by Crippen LogP contribution is -2.09. The van der Waals surface area contributed by atoms with Crippen molar-refractivity contribution < 1.29 is 13.6 Å². The first-order chi connectivity index (χ1) is 46.6. The molecule has 0 aromatic heterocycles. The van der Waals surface area contributed by atoms with Gasteiger partial charge in [0.15, 0.2) is 0 Å². The van der Waals surface area contributed by atoms with E-state index in [0.717, 1.165) is 55.8 Å². The topological polar surface area (TPSA) is 27.7 Å². The van der Waals surface area contributed by atoms with Crippen LogP contribution in [0.2, 0.25) is 0 Å². The zero-order valence-electron chi connectivity index (χ0n) is 64.0. The lowest BCUT2D eigenvalue weighted by atomic mass is 9.95. The van der Waals surface area contributed by atoms with Gasteiger partial charge in [0.25, 0.3) is 0 Å². The molecular formula is C90H159O3P. The summed E-state index contributed by atoms with van der Waals surface area (Å²) in [6.45, 7) is 14.0. The van der Waals surface area contributed by atoms with Gasteiger partial charge in [-0.05, 0) is 129 Å². The lowest BCUT2D eigenvalue weighted by Gasteiger charge is -2.24. The highest BCUT2D eigenvalue weighted by molar-refractivity contribution is 7.43. The Hall–Kier alpha value is -2.51. The minimum atomic E-state index is -1.86. The molecule has 0 aliphatic heterocycles. The van der Waals surface area contributed by atoms with Gasteiger partial charge in [-0.1, -0.05) is 425 Å². The standard InChI is InChI=1S/C90H159O3P/c1-7-13-19-25-31-37-43-49-55-61-70-82-73-67-79-88(85(82)76-64-58-52-46-40-34-28-22-16-10-4)91-94(92-89-80-68-74-83(71-62-56-50-44-38-32-26-20-14-8-2)86(89)77-65-59-53-47-41-35-29-23-17-11-5)93-90-81-69-75-84(72-63-57-51-45-39-33-27-21-15-9-3)87(90)78-66-60-54-48-42-36-30-24-18-12-6/h67-69,73-75,79-81H,7-66,70-72,76-78H2,1-6H3. The monoisotopic (exact) mass is 1320 g/mol. The van der Waals surface area contributed by atoms with Gasteiger partial charge < -0.3 is 13.6 Å². The Morgan fingerprint density at radius 2 is 0.330 bits per heavy atom. The van der Waals surface area contributed by atoms with Crippen LogP contribution in [0.25, 0.3) is 0 Å². The van der Waals surface area contributed by atoms with Crippen molar-refractivity contribution in [2.45, 2.75) is 465 Å². The Kier molecular flexibility index (Phi) is 59.4. The van der Waals surface area contributed by atoms with Gasteiger partial charge in [0.05, 0.1) is 0 Å². The first-order valence-corrected chi connectivity index (χ1v) is 43.9. The van der Waals surface area contributed by atoms with Crippen LogP contribution in [0.4, 0.5) is 0 Å². The Morgan fingerprint density at radius 3 is 0.500 bits per heavy atom. The van der Waals surface area contributed by atoms with Crippen LogP contribution in [0.1, 0.15) is 460 Å². The average molecular weight is 1320 g/mol. The van der Waals surface area contributed by atoms with Crippen molar-refractivity contribution in [3.8, 4) is 17.2 Å². The second-order valence-corrected chi connectivity index (χ2v) is 30.8. The molecular weight excluding hydrogens is 1160 g/mol. The molecule has 0 saturated heterocycles. The summed E-state index contributed by atoms with van der Waals surface area (Å²) in [5.74, 6) is 3.01. The molecule has 0 aliphatic carbocycles. The maximum atomic E-state index is 7.59. The van der Waals surface area contributed by atoms with Gasteiger partial charge in [-0.15, -0.1) is 0 Å². The molecule has 0 unspecified atom stereocenters. The van der Waals surface area contributed by atoms with Crippen molar-refractivity contribution in [2.75, 3.05) is 0 Å². The Morgan fingerprint density at radius 1 is 0.181 bits per heavy atom. The Balaban J connectivity index is 2.06. The quantitative estimate of drug-likeness (QED) is 0.0416. The van der Waals surface area contributed by atoms with Crippen molar-refractivity contribution >= 4 is 8.60 Å². The van der Waals surface area contributed by atoms with Crippen LogP contribution in [0.5, 0.6) is 17.2 Å². The SMILES string of the molecule is CCCCCCCCCCCCc1cccc(OP(Oc2cccc(CCCCCCCCCCCC)c2CCCCCCCCCCCC)Oc2cccc(CCCCCCCCCCCC)c2CCCCCCCCCCCC)c1CCCCCCCCCCCC. The fourth-order valence-corrected chi connectivity index (χ4v) is 15.8. The summed E-state index contributed by atoms with van der Waals surface area (Å²) >= 11 is 0. The molecule has 0 N–H and O–H groups in total. The molecule has 3 aromatic carbocycles. The average Bonchev–Trinajstić information content (AvgIpc) is 0.883. The van der Waals surface area contributed by atoms with Crippen LogP contribution in [0, 0.1) is 0 Å². The number of aryl methyl sites for hydroxylation is 3. The van der Waals surface area contributed by atoms with Crippen LogP contribution in [0.3, 0.4) is 0 Å². The third-order valence-electron chi connectivity index (χ3n) is 20.9. The van der Waals surface area contributed by atoms with Crippen molar-refractivity contribution in [1.82, 2.24) is 0 Å². The molecule has 3 aromatic rings. The van der Waals surface area contributed by atoms with E-state index in [2.05, 4.69) is 96.1 Å². The van der Waals surface area contributed by atoms with E-state index in [1.807, 2.05) is 0 Å². The maximum Gasteiger partial charge on any atom is 0.530 e. The second-order valence-electron chi connectivity index (χ2n) is 29.8. The minimum absolute atomic E-state index is 1.00. The molecule has 0 spiro atoms. The van der Waals surface area contributed by atoms with Crippen molar-refractivity contribution in [3.05, 3.63) is 88.0 Å². The molecule has 0 aliphatic rings. The third kappa shape index (κ3) is 46.0. The molecule has 3 nitrogen and oxygen atoms in total. The van der Waals surface area contributed by atoms with E-state index in [9.17, 15) is 0 Å². The number of rotatable bonds is 72. The molecule has 4 heteroatoms. The van der Waals surface area contributed by atoms with E-state index in [4.69, 9.17) is 13.6 Å². The van der Waals surface area contributed by atoms with Gasteiger partial charge in [-0.2, -0.15) is 0 Å². The summed E-state index contributed by atoms with van der Waals surface area (Å²) in [7, 11) is -1.86. The van der Waals surface area contributed by atoms with Crippen LogP contribution < -0.4 is 13.6 Å². The van der Waals surface area contributed by atoms with Crippen molar-refractivity contribution in [2.24, 2.45) is 0 Å². The highest BCUT2D eigenvalue weighted by Gasteiger charge is 2.27. The molecule has 0 saturated carbocycles. The second kappa shape index (κ2) is 65.1. The molecule has 3 rings (SSSR count). The molecule has 0 bridgehead atoms. The van der Waals surface area contributed by atoms with E-state index in [-0.39, 0.29) is 0 Å². The molecule has 0 amide bonds. The highest BCUT2D eigenvalue weighted by Crippen LogP contribution is 2.47. The summed E-state index contributed by atoms with van der Waals surface area (Å²) in [6.07, 6.45) is 87.9. The number of unbranched alkanes of at least 4 members (excludes halogenated alkanes) is 54. The van der Waals surface area contributed by atoms with Crippen LogP contribution in [-0.4, -0.2) is 0 Å². The fraction of sp³-hybridized carbons (Fsp3) is 0.800. The summed E-state index contributed by atoms with van der Waals surface area (Å²) < 4.78 is 22.8. The largest absolute Gasteiger partial charge is 0.530 e. The van der Waals surface area contributed by atoms with Crippen LogP contribution >= 0.6 is 8.60 Å². The predicted octanol–water partition coefficient (Wildman–Crippen LogP) is 32.2. The van der Waals surface area contributed by atoms with Gasteiger partial charge in [-0.25, -0.2) is 0 Å². The number of hydrogen-bond donors (Lipinski definition) is 0. The molecule has 0 atom stereocenters. The van der Waals surface area contributed by atoms with Gasteiger partial charge in [0.2, 0.25) is 0 Å². The first-order valence-electron chi connectivity index (χ1n) is 42.8. The summed E-state index contributed by atoms with van der Waals surface area (Å²) in [5.41, 5.74) is 8.71. The smallest absolute Gasteiger partial charge is 0.408 e. The Labute approximate surface area is 589 Å². The molecule has 0 heterocycles. The van der Waals surface area contributed by atoms with E-state index in [1.54, 1.807) is 0 Å². The molecule has 0 fully saturated rings. The molecule has 94 heavy (non-hydrogen) atoms. The van der Waals surface area contributed by atoms with Gasteiger partial charge in [0, 0.05) is 0 Å². The number of hydrogen-bond acceptors (Lipinski definition) is 3. The predicted molar refractivity (Wildman–Crippen MR) is 421 cm³/mol. The van der Waals surface area contributed by atoms with Gasteiger partial charge >= 0.3 is 8.60 Å². The lowest BCUT2D eigenvalue weighted by molar-refractivity contribution is 0.381. The zero-order valence-corrected chi connectivity index (χ0v) is 64.9. The van der Waals surface area contributed by atoms with Gasteiger partial charge in [-0.3, -0.25) is 0 Å². The summed E-state index contributed by atoms with van der Waals surface area (Å²) in [6, 6.07) is 21.1. The van der Waals surface area contributed by atoms with E-state index >= 15 is 0 Å². The zero-order chi connectivity index (χ0) is 66.9. The highest BCUT2D eigenvalue weighted by atomic mass is 31.2. The van der Waals surface area contributed by atoms with Gasteiger partial charge in [0.1, 0.15) is 17.2 Å². The maximum absolute atomic E-state index is 7.59. The summed E-state index contributed by atoms with van der Waals surface area (Å²) in [5, 5.41) is 0. The van der Waals surface area contributed by atoms with Crippen LogP contribution in [-0.2, 0) is 38.5 Å². The van der Waals surface area contributed by atoms with Crippen LogP contribution in [0.15, 0.2) is 54.6 Å². The van der Waals surface area contributed by atoms with Crippen molar-refractivity contribution in [3.63, 3.8) is 0 Å². The molecule has 0 radical (unpaired) electrons. The van der Waals surface area contributed by atoms with E-state index in [0.29, 0.717) is 0 Å². The van der Waals surface area contributed by atoms with E-state index in [1.165, 1.54) is 419 Å². The number of benzene rings is 3. The molecule has 542 valence electrons. The third-order valence-corrected chi connectivity index (χ3v) is 22.0.